The molecule has 24 heavy (non-hydrogen) atoms. The van der Waals surface area contributed by atoms with E-state index >= 15 is 0 Å². The van der Waals surface area contributed by atoms with Crippen LogP contribution in [0.4, 0.5) is 0 Å². The first-order valence-electron chi connectivity index (χ1n) is 8.09. The summed E-state index contributed by atoms with van der Waals surface area (Å²) in [5, 5.41) is 0.636. The van der Waals surface area contributed by atoms with Crippen molar-refractivity contribution in [1.29, 1.82) is 0 Å². The van der Waals surface area contributed by atoms with Crippen LogP contribution in [0, 0.1) is 5.92 Å². The molecule has 1 aromatic carbocycles. The van der Waals surface area contributed by atoms with Gasteiger partial charge in [-0.25, -0.2) is 12.2 Å². The average Bonchev–Trinajstić information content (AvgIpc) is 2.56. The zero-order chi connectivity index (χ0) is 17.2. The van der Waals surface area contributed by atoms with Crippen molar-refractivity contribution in [2.24, 2.45) is 5.92 Å². The molecule has 0 bridgehead atoms. The van der Waals surface area contributed by atoms with E-state index in [4.69, 9.17) is 23.8 Å². The Balaban J connectivity index is 0.00000529. The van der Waals surface area contributed by atoms with Gasteiger partial charge in [0.25, 0.3) is 0 Å². The summed E-state index contributed by atoms with van der Waals surface area (Å²) in [4.78, 5) is 12.9. The van der Waals surface area contributed by atoms with Gasteiger partial charge in [0, 0.05) is 5.02 Å². The molecule has 0 aliphatic heterocycles. The minimum atomic E-state index is 0. The summed E-state index contributed by atoms with van der Waals surface area (Å²) in [5.41, 5.74) is 5.55. The van der Waals surface area contributed by atoms with Crippen LogP contribution >= 0.6 is 23.8 Å². The van der Waals surface area contributed by atoms with Gasteiger partial charge >= 0.3 is 51.4 Å². The van der Waals surface area contributed by atoms with Crippen molar-refractivity contribution in [3.8, 4) is 0 Å². The molecule has 0 radical (unpaired) electrons. The molecule has 1 aromatic rings. The van der Waals surface area contributed by atoms with Gasteiger partial charge in [-0.2, -0.15) is 6.08 Å². The summed E-state index contributed by atoms with van der Waals surface area (Å²) in [6.45, 7) is 7.18. The molecule has 0 aliphatic rings. The summed E-state index contributed by atoms with van der Waals surface area (Å²) >= 11 is 11.2. The molecule has 0 aromatic heterocycles. The van der Waals surface area contributed by atoms with Crippen molar-refractivity contribution in [2.75, 3.05) is 6.54 Å². The molecular weight excluding hydrogens is 365 g/mol. The van der Waals surface area contributed by atoms with E-state index in [2.05, 4.69) is 26.3 Å². The van der Waals surface area contributed by atoms with Crippen molar-refractivity contribution in [1.82, 2.24) is 4.90 Å². The van der Waals surface area contributed by atoms with Crippen LogP contribution in [0.25, 0.3) is 5.70 Å². The topological polar surface area (TPSA) is 20.3 Å². The Bertz CT molecular complexity index is 562. The molecule has 0 amide bonds. The standard InChI is InChI=1S/C19H24ClNOS.K/c1-4-6-7-15(3)13-21(14-23)19(10-11-22)18-12-17(20)9-8-16(18)5-2;/h8-10,12,15H,4-7,13H2,1-3H3;/q-2;+1/b19-10-;. The quantitative estimate of drug-likeness (QED) is 0.202. The zero-order valence-electron chi connectivity index (χ0n) is 15.1. The molecule has 0 aliphatic carbocycles. The average molecular weight is 389 g/mol. The Hall–Kier alpha value is 0.446. The predicted octanol–water partition coefficient (Wildman–Crippen LogP) is 2.32. The fraction of sp³-hybridized carbons (Fsp3) is 0.474. The second-order valence-electron chi connectivity index (χ2n) is 5.75. The number of halogens is 1. The number of nitrogens with zero attached hydrogens (tertiary/aromatic N) is 1. The molecule has 1 rings (SSSR count). The van der Waals surface area contributed by atoms with E-state index in [9.17, 15) is 4.79 Å². The maximum absolute atomic E-state index is 11.0. The molecule has 0 spiro atoms. The van der Waals surface area contributed by atoms with Crippen LogP contribution in [-0.4, -0.2) is 23.2 Å². The summed E-state index contributed by atoms with van der Waals surface area (Å²) in [5.74, 6) is 0.463. The van der Waals surface area contributed by atoms with Crippen molar-refractivity contribution in [3.63, 3.8) is 0 Å². The van der Waals surface area contributed by atoms with Crippen LogP contribution in [-0.2, 0) is 11.2 Å². The number of unbranched alkanes of at least 4 members (excludes halogenated alkanes) is 1. The molecule has 126 valence electrons. The number of rotatable bonds is 10. The summed E-state index contributed by atoms with van der Waals surface area (Å²) in [7, 11) is 0. The van der Waals surface area contributed by atoms with E-state index in [0.29, 0.717) is 10.9 Å². The van der Waals surface area contributed by atoms with Gasteiger partial charge in [0.05, 0.1) is 0 Å². The smallest absolute Gasteiger partial charge is 0.502 e. The molecule has 5 heteroatoms. The van der Waals surface area contributed by atoms with Crippen LogP contribution in [0.1, 0.15) is 51.2 Å². The first-order chi connectivity index (χ1) is 11.1. The van der Waals surface area contributed by atoms with E-state index in [1.807, 2.05) is 29.4 Å². The van der Waals surface area contributed by atoms with Crippen molar-refractivity contribution < 1.29 is 56.2 Å². The molecule has 0 saturated carbocycles. The Morgan fingerprint density at radius 3 is 2.67 bits per heavy atom. The van der Waals surface area contributed by atoms with Crippen molar-refractivity contribution >= 4 is 41.3 Å². The van der Waals surface area contributed by atoms with Crippen LogP contribution in [0.3, 0.4) is 0 Å². The summed E-state index contributed by atoms with van der Waals surface area (Å²) in [6, 6.07) is 5.72. The van der Waals surface area contributed by atoms with E-state index in [-0.39, 0.29) is 51.4 Å². The SMILES string of the molecule is CCCCC(C)CN([C-]=S)/C(=C\[C-]=O)c1cc(Cl)ccc1CC.[K+]. The van der Waals surface area contributed by atoms with Gasteiger partial charge in [-0.05, 0) is 37.7 Å². The van der Waals surface area contributed by atoms with Gasteiger partial charge in [0.1, 0.15) is 0 Å². The zero-order valence-corrected chi connectivity index (χ0v) is 19.8. The number of thiocarbonyl (C=S) groups is 1. The van der Waals surface area contributed by atoms with Crippen LogP contribution in [0.15, 0.2) is 24.3 Å². The molecule has 1 unspecified atom stereocenters. The Morgan fingerprint density at radius 2 is 2.12 bits per heavy atom. The molecule has 0 heterocycles. The third-order valence-corrected chi connectivity index (χ3v) is 4.33. The van der Waals surface area contributed by atoms with Crippen molar-refractivity contribution in [2.45, 2.75) is 46.5 Å². The van der Waals surface area contributed by atoms with Gasteiger partial charge < -0.3 is 9.69 Å². The molecule has 0 saturated heterocycles. The third-order valence-electron chi connectivity index (χ3n) is 3.87. The van der Waals surface area contributed by atoms with Gasteiger partial charge in [-0.3, -0.25) is 0 Å². The maximum Gasteiger partial charge on any atom is 1.00 e. The molecule has 2 nitrogen and oxygen atoms in total. The van der Waals surface area contributed by atoms with Crippen molar-refractivity contribution in [3.05, 3.63) is 40.4 Å². The maximum atomic E-state index is 11.0. The largest absolute Gasteiger partial charge is 1.00 e. The minimum absolute atomic E-state index is 0. The molecule has 0 fully saturated rings. The molecule has 1 atom stereocenters. The van der Waals surface area contributed by atoms with E-state index in [0.717, 1.165) is 36.2 Å². The number of benzene rings is 1. The van der Waals surface area contributed by atoms with E-state index in [1.54, 1.807) is 0 Å². The van der Waals surface area contributed by atoms with Gasteiger partial charge in [-0.15, -0.1) is 5.70 Å². The molecular formula is C19H24ClKNOS-. The third kappa shape index (κ3) is 7.77. The predicted molar refractivity (Wildman–Crippen MR) is 102 cm³/mol. The second-order valence-corrected chi connectivity index (χ2v) is 6.37. The Labute approximate surface area is 199 Å². The first-order valence-corrected chi connectivity index (χ1v) is 8.87. The monoisotopic (exact) mass is 388 g/mol. The normalized spacial score (nSPS) is 12.2. The summed E-state index contributed by atoms with van der Waals surface area (Å²) < 4.78 is 0. The number of hydrogen-bond acceptors (Lipinski definition) is 2. The second kappa shape index (κ2) is 13.6. The minimum Gasteiger partial charge on any atom is -0.502 e. The summed E-state index contributed by atoms with van der Waals surface area (Å²) in [6.07, 6.45) is 7.64. The van der Waals surface area contributed by atoms with Crippen LogP contribution < -0.4 is 51.4 Å². The van der Waals surface area contributed by atoms with E-state index in [1.165, 1.54) is 18.9 Å². The van der Waals surface area contributed by atoms with Crippen LogP contribution in [0.5, 0.6) is 0 Å². The number of aryl methyl sites for hydroxylation is 1. The van der Waals surface area contributed by atoms with E-state index < -0.39 is 0 Å². The van der Waals surface area contributed by atoms with Gasteiger partial charge in [0.2, 0.25) is 0 Å². The van der Waals surface area contributed by atoms with Crippen LogP contribution in [0.2, 0.25) is 5.02 Å². The Morgan fingerprint density at radius 1 is 1.42 bits per heavy atom. The number of hydrogen-bond donors (Lipinski definition) is 0. The Kier molecular flexibility index (Phi) is 13.9. The fourth-order valence-electron chi connectivity index (χ4n) is 2.59. The number of carbonyl (C=O) groups excluding carboxylic acids is 1. The first kappa shape index (κ1) is 24.4. The number of allylic oxidation sites excluding steroid dienone is 1. The molecule has 0 N–H and O–H groups in total. The van der Waals surface area contributed by atoms with Gasteiger partial charge in [-0.1, -0.05) is 74.0 Å². The van der Waals surface area contributed by atoms with Gasteiger partial charge in [0.15, 0.2) is 0 Å². The fourth-order valence-corrected chi connectivity index (χ4v) is 2.94.